The summed E-state index contributed by atoms with van der Waals surface area (Å²) in [5, 5.41) is 0. The average Bonchev–Trinajstić information content (AvgIpc) is 2.38. The van der Waals surface area contributed by atoms with E-state index in [0.717, 1.165) is 6.41 Å². The summed E-state index contributed by atoms with van der Waals surface area (Å²) in [6, 6.07) is 0. The van der Waals surface area contributed by atoms with Crippen molar-refractivity contribution in [1.29, 1.82) is 0 Å². The van der Waals surface area contributed by atoms with E-state index in [1.54, 1.807) is 14.1 Å². The van der Waals surface area contributed by atoms with E-state index in [1.807, 2.05) is 0 Å². The van der Waals surface area contributed by atoms with Crippen LogP contribution in [0, 0.1) is 10.2 Å². The van der Waals surface area contributed by atoms with Crippen molar-refractivity contribution >= 4 is 6.41 Å². The zero-order chi connectivity index (χ0) is 18.9. The van der Waals surface area contributed by atoms with Gasteiger partial charge in [0.15, 0.2) is 0 Å². The molecule has 1 N–H and O–H groups in total. The molecule has 0 aliphatic heterocycles. The largest absolute Gasteiger partial charge is 0.351 e. The number of rotatable bonds is 9. The van der Waals surface area contributed by atoms with Crippen LogP contribution in [0.3, 0.4) is 0 Å². The Morgan fingerprint density at radius 2 is 1.04 bits per heavy atom. The Balaban J connectivity index is -0.000000329. The van der Waals surface area contributed by atoms with Gasteiger partial charge in [-0.2, -0.15) is 14.0 Å². The highest BCUT2D eigenvalue weighted by Crippen LogP contribution is 2.12. The van der Waals surface area contributed by atoms with E-state index in [9.17, 15) is 4.79 Å². The van der Waals surface area contributed by atoms with Gasteiger partial charge in [0.2, 0.25) is 6.41 Å². The number of nitrogens with zero attached hydrogens (tertiary/aromatic N) is 2. The molecular weight excluding hydrogens is 324 g/mol. The summed E-state index contributed by atoms with van der Waals surface area (Å²) >= 11 is 0. The minimum atomic E-state index is -4.69. The zero-order valence-corrected chi connectivity index (χ0v) is 16.3. The van der Waals surface area contributed by atoms with E-state index in [0.29, 0.717) is 0 Å². The lowest BCUT2D eigenvalue weighted by molar-refractivity contribution is -1.92. The molecule has 0 rings (SSSR count). The summed E-state index contributed by atoms with van der Waals surface area (Å²) < 4.78 is 34.1. The molecule has 0 aliphatic carbocycles. The Kier molecular flexibility index (Phi) is 19.6. The minimum Gasteiger partial charge on any atom is -0.351 e. The van der Waals surface area contributed by atoms with Crippen LogP contribution in [0.5, 0.6) is 0 Å². The van der Waals surface area contributed by atoms with Crippen LogP contribution in [0.4, 0.5) is 0 Å². The van der Waals surface area contributed by atoms with Crippen molar-refractivity contribution in [3.05, 3.63) is 0 Å². The maximum Gasteiger partial charge on any atom is 0.209 e. The van der Waals surface area contributed by atoms with Gasteiger partial charge < -0.3 is 9.38 Å². The van der Waals surface area contributed by atoms with Crippen LogP contribution in [-0.2, 0) is 4.79 Å². The van der Waals surface area contributed by atoms with Crippen molar-refractivity contribution in [3.8, 4) is 0 Å². The fourth-order valence-corrected chi connectivity index (χ4v) is 2.57. The topological polar surface area (TPSA) is 110 Å². The van der Waals surface area contributed by atoms with Crippen LogP contribution in [0.15, 0.2) is 0 Å². The van der Waals surface area contributed by atoms with Gasteiger partial charge in [0.1, 0.15) is 0 Å². The van der Waals surface area contributed by atoms with E-state index in [4.69, 9.17) is 18.6 Å². The Morgan fingerprint density at radius 1 is 0.870 bits per heavy atom. The number of hydrogen-bond acceptors (Lipinski definition) is 5. The molecule has 0 aromatic carbocycles. The number of carbonyl (C=O) groups is 1. The molecule has 0 heterocycles. The van der Waals surface area contributed by atoms with Gasteiger partial charge in [0.25, 0.3) is 0 Å². The minimum absolute atomic E-state index is 0.750. The van der Waals surface area contributed by atoms with Crippen LogP contribution >= 0.6 is 0 Å². The Hall–Kier alpha value is -0.440. The average molecular weight is 360 g/mol. The van der Waals surface area contributed by atoms with Crippen LogP contribution in [0.2, 0.25) is 0 Å². The van der Waals surface area contributed by atoms with Crippen LogP contribution in [0.25, 0.3) is 0 Å². The normalized spacial score (nSPS) is 10.9. The molecule has 0 fully saturated rings. The molecule has 0 atom stereocenters. The lowest BCUT2D eigenvalue weighted by Gasteiger charge is -2.38. The molecule has 0 unspecified atom stereocenters. The van der Waals surface area contributed by atoms with E-state index < -0.39 is 10.2 Å². The number of quaternary nitrogens is 1. The number of carbonyl (C=O) groups excluding carboxylic acids is 1. The standard InChI is InChI=1S/C12H28N.C3H7NO.ClHO4/c1-5-9-13(10-6-2,11-7-3)12-8-4;1-4(2)3-5;2-1(3,4)5/h5-12H2,1-4H3;3H,1-2H3;(H,2,3,4,5)/q+1;;. The Bertz CT molecular complexity index is 225. The Labute approximate surface area is 143 Å². The second-order valence-corrected chi connectivity index (χ2v) is 6.49. The van der Waals surface area contributed by atoms with Gasteiger partial charge in [0.05, 0.1) is 41.1 Å². The smallest absolute Gasteiger partial charge is 0.209 e. The zero-order valence-electron chi connectivity index (χ0n) is 15.6. The summed E-state index contributed by atoms with van der Waals surface area (Å²) in [5.41, 5.74) is 0. The third-order valence-corrected chi connectivity index (χ3v) is 3.00. The first-order valence-electron chi connectivity index (χ1n) is 8.11. The third-order valence-electron chi connectivity index (χ3n) is 3.00. The summed E-state index contributed by atoms with van der Waals surface area (Å²) in [6.07, 6.45) is 6.08. The number of hydrogen-bond donors (Lipinski definition) is 1. The van der Waals surface area contributed by atoms with Crippen LogP contribution < -0.4 is 14.0 Å². The van der Waals surface area contributed by atoms with E-state index in [1.165, 1.54) is 61.2 Å². The maximum absolute atomic E-state index is 9.43. The molecule has 0 aromatic heterocycles. The number of halogens is 1. The van der Waals surface area contributed by atoms with Gasteiger partial charge in [-0.1, -0.05) is 27.7 Å². The van der Waals surface area contributed by atoms with Crippen LogP contribution in [0.1, 0.15) is 53.4 Å². The molecule has 0 aromatic rings. The predicted octanol–water partition coefficient (Wildman–Crippen LogP) is -0.976. The first kappa shape index (κ1) is 27.4. The fraction of sp³-hybridized carbons (Fsp3) is 0.933. The molecule has 7 nitrogen and oxygen atoms in total. The quantitative estimate of drug-likeness (QED) is 0.420. The second-order valence-electron chi connectivity index (χ2n) is 5.70. The summed E-state index contributed by atoms with van der Waals surface area (Å²) in [6.45, 7) is 14.8. The van der Waals surface area contributed by atoms with Gasteiger partial charge >= 0.3 is 0 Å². The van der Waals surface area contributed by atoms with Crippen molar-refractivity contribution in [3.63, 3.8) is 0 Å². The van der Waals surface area contributed by atoms with Gasteiger partial charge in [0, 0.05) is 14.1 Å². The molecule has 0 saturated carbocycles. The fourth-order valence-electron chi connectivity index (χ4n) is 2.57. The van der Waals surface area contributed by atoms with Crippen molar-refractivity contribution in [2.24, 2.45) is 0 Å². The highest BCUT2D eigenvalue weighted by Gasteiger charge is 2.22. The molecule has 0 spiro atoms. The maximum atomic E-state index is 9.43. The third kappa shape index (κ3) is 26.8. The van der Waals surface area contributed by atoms with Crippen molar-refractivity contribution < 1.29 is 38.2 Å². The summed E-state index contributed by atoms with van der Waals surface area (Å²) in [4.78, 5) is 10.9. The summed E-state index contributed by atoms with van der Waals surface area (Å²) in [7, 11) is -1.32. The predicted molar refractivity (Wildman–Crippen MR) is 82.9 cm³/mol. The molecule has 1 amide bonds. The molecule has 142 valence electrons. The van der Waals surface area contributed by atoms with Gasteiger partial charge in [-0.05, 0) is 25.7 Å². The highest BCUT2D eigenvalue weighted by molar-refractivity contribution is 5.45. The lowest BCUT2D eigenvalue weighted by atomic mass is 10.2. The molecular formula is C15H36ClN2O5+. The van der Waals surface area contributed by atoms with E-state index in [-0.39, 0.29) is 0 Å². The monoisotopic (exact) mass is 359 g/mol. The van der Waals surface area contributed by atoms with E-state index >= 15 is 0 Å². The number of amides is 1. The Morgan fingerprint density at radius 3 is 1.13 bits per heavy atom. The molecule has 0 radical (unpaired) electrons. The second kappa shape index (κ2) is 16.4. The highest BCUT2D eigenvalue weighted by atomic mass is 35.7. The van der Waals surface area contributed by atoms with Crippen molar-refractivity contribution in [2.75, 3.05) is 40.3 Å². The first-order chi connectivity index (χ1) is 10.5. The van der Waals surface area contributed by atoms with Crippen molar-refractivity contribution in [2.45, 2.75) is 53.4 Å². The van der Waals surface area contributed by atoms with Gasteiger partial charge in [-0.15, -0.1) is 0 Å². The van der Waals surface area contributed by atoms with E-state index in [2.05, 4.69) is 27.7 Å². The molecule has 0 aliphatic rings. The SMILES string of the molecule is CCC[N+](CCC)(CCC)CCC.CN(C)C=O.[O-][Cl+3]([O-])([O-])O. The molecule has 0 saturated heterocycles. The van der Waals surface area contributed by atoms with Gasteiger partial charge in [-0.3, -0.25) is 4.79 Å². The van der Waals surface area contributed by atoms with Gasteiger partial charge in [-0.25, -0.2) is 0 Å². The summed E-state index contributed by atoms with van der Waals surface area (Å²) in [5.74, 6) is 0. The first-order valence-corrected chi connectivity index (χ1v) is 9.38. The van der Waals surface area contributed by atoms with Crippen molar-refractivity contribution in [1.82, 2.24) is 4.90 Å². The van der Waals surface area contributed by atoms with Crippen LogP contribution in [-0.4, -0.2) is 60.7 Å². The molecule has 23 heavy (non-hydrogen) atoms. The lowest BCUT2D eigenvalue weighted by Crippen LogP contribution is -2.58. The molecule has 0 bridgehead atoms. The molecule has 8 heteroatoms.